The van der Waals surface area contributed by atoms with Crippen LogP contribution in [-0.2, 0) is 0 Å². The molecule has 1 fully saturated rings. The highest BCUT2D eigenvalue weighted by molar-refractivity contribution is 5.49. The second-order valence-corrected chi connectivity index (χ2v) is 3.94. The minimum atomic E-state index is 0.713. The zero-order valence-electron chi connectivity index (χ0n) is 9.40. The Balaban J connectivity index is 2.16. The maximum absolute atomic E-state index is 4.34. The minimum Gasteiger partial charge on any atom is -0.373 e. The Kier molecular flexibility index (Phi) is 3.04. The number of anilines is 2. The molecule has 0 radical (unpaired) electrons. The summed E-state index contributed by atoms with van der Waals surface area (Å²) in [6.07, 6.45) is 5.40. The van der Waals surface area contributed by atoms with Crippen LogP contribution in [0.1, 0.15) is 26.2 Å². The van der Waals surface area contributed by atoms with Crippen molar-refractivity contribution in [2.24, 2.45) is 0 Å². The molecule has 2 rings (SSSR count). The highest BCUT2D eigenvalue weighted by Gasteiger charge is 2.29. The Hall–Kier alpha value is -1.32. The van der Waals surface area contributed by atoms with Gasteiger partial charge in [0, 0.05) is 25.7 Å². The highest BCUT2D eigenvalue weighted by Crippen LogP contribution is 2.31. The Morgan fingerprint density at radius 1 is 1.47 bits per heavy atom. The summed E-state index contributed by atoms with van der Waals surface area (Å²) in [5, 5.41) is 3.05. The summed E-state index contributed by atoms with van der Waals surface area (Å²) in [5.74, 6) is 1.94. The van der Waals surface area contributed by atoms with Crippen molar-refractivity contribution >= 4 is 11.6 Å². The van der Waals surface area contributed by atoms with Crippen LogP contribution in [0.2, 0.25) is 0 Å². The van der Waals surface area contributed by atoms with Crippen LogP contribution in [0.3, 0.4) is 0 Å². The van der Waals surface area contributed by atoms with E-state index in [0.717, 1.165) is 24.6 Å². The van der Waals surface area contributed by atoms with Gasteiger partial charge in [0.25, 0.3) is 0 Å². The van der Waals surface area contributed by atoms with Crippen molar-refractivity contribution < 1.29 is 0 Å². The average Bonchev–Trinajstić information content (AvgIpc) is 3.10. The van der Waals surface area contributed by atoms with Gasteiger partial charge in [-0.3, -0.25) is 0 Å². The summed E-state index contributed by atoms with van der Waals surface area (Å²) in [5.41, 5.74) is 0. The van der Waals surface area contributed by atoms with Gasteiger partial charge in [0.2, 0.25) is 0 Å². The lowest BCUT2D eigenvalue weighted by atomic mass is 10.3. The van der Waals surface area contributed by atoms with Gasteiger partial charge in [-0.05, 0) is 19.3 Å². The van der Waals surface area contributed by atoms with Gasteiger partial charge >= 0.3 is 0 Å². The summed E-state index contributed by atoms with van der Waals surface area (Å²) >= 11 is 0. The number of hydrogen-bond donors (Lipinski definition) is 1. The van der Waals surface area contributed by atoms with Crippen LogP contribution >= 0.6 is 0 Å². The summed E-state index contributed by atoms with van der Waals surface area (Å²) in [4.78, 5) is 10.9. The first-order chi connectivity index (χ1) is 7.35. The third kappa shape index (κ3) is 2.37. The molecule has 1 aliphatic carbocycles. The number of rotatable bonds is 5. The van der Waals surface area contributed by atoms with Gasteiger partial charge in [-0.2, -0.15) is 0 Å². The topological polar surface area (TPSA) is 41.0 Å². The molecule has 1 aromatic heterocycles. The Labute approximate surface area is 90.7 Å². The molecule has 0 saturated heterocycles. The molecule has 0 unspecified atom stereocenters. The molecule has 0 bridgehead atoms. The van der Waals surface area contributed by atoms with Gasteiger partial charge in [0.15, 0.2) is 0 Å². The minimum absolute atomic E-state index is 0.713. The molecule has 1 N–H and O–H groups in total. The van der Waals surface area contributed by atoms with Crippen LogP contribution in [0.5, 0.6) is 0 Å². The van der Waals surface area contributed by atoms with E-state index >= 15 is 0 Å². The maximum Gasteiger partial charge on any atom is 0.134 e. The maximum atomic E-state index is 4.34. The number of nitrogens with one attached hydrogen (secondary N) is 1. The number of aromatic nitrogens is 2. The predicted molar refractivity (Wildman–Crippen MR) is 62.2 cm³/mol. The first kappa shape index (κ1) is 10.2. The van der Waals surface area contributed by atoms with Crippen molar-refractivity contribution in [2.75, 3.05) is 23.8 Å². The lowest BCUT2D eigenvalue weighted by molar-refractivity contribution is 0.749. The Morgan fingerprint density at radius 3 is 2.87 bits per heavy atom. The third-order valence-electron chi connectivity index (χ3n) is 2.66. The molecule has 1 aliphatic rings. The molecule has 0 aliphatic heterocycles. The molecule has 4 heteroatoms. The second kappa shape index (κ2) is 4.47. The molecule has 1 aromatic rings. The van der Waals surface area contributed by atoms with E-state index < -0.39 is 0 Å². The summed E-state index contributed by atoms with van der Waals surface area (Å²) < 4.78 is 0. The fourth-order valence-electron chi connectivity index (χ4n) is 1.75. The molecule has 1 saturated carbocycles. The lowest BCUT2D eigenvalue weighted by Gasteiger charge is -2.22. The van der Waals surface area contributed by atoms with E-state index in [4.69, 9.17) is 0 Å². The van der Waals surface area contributed by atoms with Crippen LogP contribution in [0.25, 0.3) is 0 Å². The predicted octanol–water partition coefficient (Wildman–Crippen LogP) is 1.90. The highest BCUT2D eigenvalue weighted by atomic mass is 15.2. The van der Waals surface area contributed by atoms with Crippen LogP contribution in [0.4, 0.5) is 11.6 Å². The largest absolute Gasteiger partial charge is 0.373 e. The fourth-order valence-corrected chi connectivity index (χ4v) is 1.75. The fraction of sp³-hybridized carbons (Fsp3) is 0.636. The Bertz CT molecular complexity index is 322. The molecular weight excluding hydrogens is 188 g/mol. The SMILES string of the molecule is CCCN(c1cc(NC)ncn1)C1CC1. The third-order valence-corrected chi connectivity index (χ3v) is 2.66. The number of hydrogen-bond acceptors (Lipinski definition) is 4. The zero-order chi connectivity index (χ0) is 10.7. The van der Waals surface area contributed by atoms with Gasteiger partial charge < -0.3 is 10.2 Å². The van der Waals surface area contributed by atoms with Crippen LogP contribution in [0, 0.1) is 0 Å². The van der Waals surface area contributed by atoms with E-state index in [1.807, 2.05) is 13.1 Å². The monoisotopic (exact) mass is 206 g/mol. The molecular formula is C11H18N4. The van der Waals surface area contributed by atoms with Crippen LogP contribution in [0.15, 0.2) is 12.4 Å². The van der Waals surface area contributed by atoms with E-state index in [1.54, 1.807) is 6.33 Å². The first-order valence-electron chi connectivity index (χ1n) is 5.61. The van der Waals surface area contributed by atoms with E-state index in [0.29, 0.717) is 6.04 Å². The second-order valence-electron chi connectivity index (χ2n) is 3.94. The molecule has 82 valence electrons. The summed E-state index contributed by atoms with van der Waals surface area (Å²) in [7, 11) is 1.88. The molecule has 1 heterocycles. The first-order valence-corrected chi connectivity index (χ1v) is 5.61. The van der Waals surface area contributed by atoms with Crippen molar-refractivity contribution in [1.29, 1.82) is 0 Å². The molecule has 0 atom stereocenters. The van der Waals surface area contributed by atoms with Gasteiger partial charge in [-0.1, -0.05) is 6.92 Å². The van der Waals surface area contributed by atoms with Crippen LogP contribution in [-0.4, -0.2) is 29.6 Å². The van der Waals surface area contributed by atoms with Crippen molar-refractivity contribution in [3.63, 3.8) is 0 Å². The van der Waals surface area contributed by atoms with E-state index in [2.05, 4.69) is 27.1 Å². The average molecular weight is 206 g/mol. The van der Waals surface area contributed by atoms with E-state index in [1.165, 1.54) is 12.8 Å². The van der Waals surface area contributed by atoms with Gasteiger partial charge in [0.1, 0.15) is 18.0 Å². The van der Waals surface area contributed by atoms with Crippen molar-refractivity contribution in [1.82, 2.24) is 9.97 Å². The van der Waals surface area contributed by atoms with Gasteiger partial charge in [0.05, 0.1) is 0 Å². The van der Waals surface area contributed by atoms with Gasteiger partial charge in [-0.15, -0.1) is 0 Å². The van der Waals surface area contributed by atoms with Gasteiger partial charge in [-0.25, -0.2) is 9.97 Å². The lowest BCUT2D eigenvalue weighted by Crippen LogP contribution is -2.27. The van der Waals surface area contributed by atoms with E-state index in [-0.39, 0.29) is 0 Å². The quantitative estimate of drug-likeness (QED) is 0.799. The molecule has 4 nitrogen and oxygen atoms in total. The normalized spacial score (nSPS) is 15.1. The summed E-state index contributed by atoms with van der Waals surface area (Å²) in [6.45, 7) is 3.29. The molecule has 0 aromatic carbocycles. The van der Waals surface area contributed by atoms with Crippen molar-refractivity contribution in [3.05, 3.63) is 12.4 Å². The van der Waals surface area contributed by atoms with Crippen molar-refractivity contribution in [2.45, 2.75) is 32.2 Å². The van der Waals surface area contributed by atoms with Crippen LogP contribution < -0.4 is 10.2 Å². The molecule has 15 heavy (non-hydrogen) atoms. The standard InChI is InChI=1S/C11H18N4/c1-3-6-15(9-4-5-9)11-7-10(12-2)13-8-14-11/h7-9H,3-6H2,1-2H3,(H,12,13,14). The summed E-state index contributed by atoms with van der Waals surface area (Å²) in [6, 6.07) is 2.73. The van der Waals surface area contributed by atoms with Crippen molar-refractivity contribution in [3.8, 4) is 0 Å². The van der Waals surface area contributed by atoms with E-state index in [9.17, 15) is 0 Å². The number of nitrogens with zero attached hydrogens (tertiary/aromatic N) is 3. The zero-order valence-corrected chi connectivity index (χ0v) is 9.40. The smallest absolute Gasteiger partial charge is 0.134 e. The molecule has 0 amide bonds. The molecule has 0 spiro atoms. The Morgan fingerprint density at radius 2 is 2.27 bits per heavy atom.